The van der Waals surface area contributed by atoms with E-state index in [1.165, 1.54) is 6.07 Å². The Morgan fingerprint density at radius 1 is 1.20 bits per heavy atom. The van der Waals surface area contributed by atoms with Crippen molar-refractivity contribution in [3.63, 3.8) is 0 Å². The van der Waals surface area contributed by atoms with E-state index >= 15 is 0 Å². The molecule has 1 spiro atoms. The van der Waals surface area contributed by atoms with E-state index in [1.54, 1.807) is 0 Å². The third kappa shape index (κ3) is 2.42. The minimum absolute atomic E-state index is 0.00599. The van der Waals surface area contributed by atoms with Gasteiger partial charge in [0.05, 0.1) is 22.7 Å². The second kappa shape index (κ2) is 5.77. The maximum atomic E-state index is 13.4. The number of aromatic amines is 1. The van der Waals surface area contributed by atoms with E-state index in [0.717, 1.165) is 42.6 Å². The number of alkyl halides is 3. The summed E-state index contributed by atoms with van der Waals surface area (Å²) in [6, 6.07) is 10.1. The van der Waals surface area contributed by atoms with E-state index < -0.39 is 11.7 Å². The van der Waals surface area contributed by atoms with Crippen LogP contribution < -0.4 is 5.32 Å². The van der Waals surface area contributed by atoms with E-state index in [1.807, 2.05) is 35.4 Å². The molecule has 6 rings (SSSR count). The summed E-state index contributed by atoms with van der Waals surface area (Å²) >= 11 is 0. The molecule has 1 aliphatic heterocycles. The summed E-state index contributed by atoms with van der Waals surface area (Å²) < 4.78 is 38.3. The van der Waals surface area contributed by atoms with Gasteiger partial charge in [0, 0.05) is 30.4 Å². The molecule has 2 N–H and O–H groups in total. The molecule has 4 atom stereocenters. The zero-order valence-corrected chi connectivity index (χ0v) is 15.9. The Morgan fingerprint density at radius 2 is 2.07 bits per heavy atom. The Morgan fingerprint density at radius 3 is 2.83 bits per heavy atom. The first kappa shape index (κ1) is 17.8. The van der Waals surface area contributed by atoms with Gasteiger partial charge in [0.25, 0.3) is 5.91 Å². The topological polar surface area (TPSA) is 61.0 Å². The minimum atomic E-state index is -4.40. The lowest BCUT2D eigenvalue weighted by molar-refractivity contribution is -0.137. The number of para-hydroxylation sites is 1. The van der Waals surface area contributed by atoms with Crippen molar-refractivity contribution >= 4 is 22.6 Å². The summed E-state index contributed by atoms with van der Waals surface area (Å²) in [5.74, 6) is 0.935. The van der Waals surface area contributed by atoms with Crippen LogP contribution in [0.1, 0.15) is 28.8 Å². The van der Waals surface area contributed by atoms with Crippen LogP contribution in [0.5, 0.6) is 0 Å². The average Bonchev–Trinajstić information content (AvgIpc) is 3.11. The summed E-state index contributed by atoms with van der Waals surface area (Å²) in [5.41, 5.74) is 0.901. The molecule has 2 aliphatic carbocycles. The van der Waals surface area contributed by atoms with Gasteiger partial charge in [-0.25, -0.2) is 4.98 Å². The minimum Gasteiger partial charge on any atom is -0.365 e. The number of amides is 1. The first-order valence-corrected chi connectivity index (χ1v) is 10.0. The quantitative estimate of drug-likeness (QED) is 0.675. The number of piperidine rings is 1. The van der Waals surface area contributed by atoms with Crippen molar-refractivity contribution < 1.29 is 18.0 Å². The van der Waals surface area contributed by atoms with Crippen molar-refractivity contribution in [1.29, 1.82) is 0 Å². The second-order valence-electron chi connectivity index (χ2n) is 8.67. The van der Waals surface area contributed by atoms with Crippen LogP contribution in [-0.4, -0.2) is 39.4 Å². The lowest BCUT2D eigenvalue weighted by atomic mass is 9.71. The second-order valence-corrected chi connectivity index (χ2v) is 8.67. The number of pyridine rings is 1. The molecule has 0 radical (unpaired) electrons. The van der Waals surface area contributed by atoms with Crippen molar-refractivity contribution in [2.45, 2.75) is 31.1 Å². The monoisotopic (exact) mass is 412 g/mol. The number of hydrogen-bond donors (Lipinski definition) is 2. The third-order valence-corrected chi connectivity index (χ3v) is 7.10. The Bertz CT molecular complexity index is 1160. The SMILES string of the molecule is O=C(c1cccc2cc[nH]c12)N1CC2CC23CC(Nc2ccc(C(F)(F)F)cn2)C13. The molecule has 0 bridgehead atoms. The highest BCUT2D eigenvalue weighted by molar-refractivity contribution is 6.06. The number of H-pyrrole nitrogens is 1. The van der Waals surface area contributed by atoms with Gasteiger partial charge < -0.3 is 15.2 Å². The van der Waals surface area contributed by atoms with E-state index in [4.69, 9.17) is 0 Å². The number of carbonyl (C=O) groups excluding carboxylic acids is 1. The smallest absolute Gasteiger partial charge is 0.365 e. The predicted molar refractivity (Wildman–Crippen MR) is 105 cm³/mol. The number of halogens is 3. The maximum Gasteiger partial charge on any atom is 0.417 e. The maximum absolute atomic E-state index is 13.4. The van der Waals surface area contributed by atoms with Crippen molar-refractivity contribution in [2.75, 3.05) is 11.9 Å². The molecule has 30 heavy (non-hydrogen) atoms. The van der Waals surface area contributed by atoms with Crippen LogP contribution in [0, 0.1) is 11.3 Å². The molecular weight excluding hydrogens is 393 g/mol. The van der Waals surface area contributed by atoms with E-state index in [2.05, 4.69) is 15.3 Å². The first-order chi connectivity index (χ1) is 14.4. The van der Waals surface area contributed by atoms with E-state index in [0.29, 0.717) is 17.3 Å². The fourth-order valence-electron chi connectivity index (χ4n) is 5.61. The normalized spacial score (nSPS) is 29.3. The molecule has 3 aliphatic rings. The van der Waals surface area contributed by atoms with Crippen molar-refractivity contribution in [3.8, 4) is 0 Å². The molecule has 4 unspecified atom stereocenters. The lowest BCUT2D eigenvalue weighted by Gasteiger charge is -2.48. The summed E-state index contributed by atoms with van der Waals surface area (Å²) in [6.07, 6.45) is 0.309. The number of nitrogens with one attached hydrogen (secondary N) is 2. The first-order valence-electron chi connectivity index (χ1n) is 10.0. The molecule has 1 amide bonds. The van der Waals surface area contributed by atoms with E-state index in [9.17, 15) is 18.0 Å². The highest BCUT2D eigenvalue weighted by Gasteiger charge is 2.75. The molecule has 3 heterocycles. The zero-order valence-electron chi connectivity index (χ0n) is 15.9. The van der Waals surface area contributed by atoms with Crippen molar-refractivity contribution in [1.82, 2.24) is 14.9 Å². The fourth-order valence-corrected chi connectivity index (χ4v) is 5.61. The molecule has 2 aromatic heterocycles. The van der Waals surface area contributed by atoms with Gasteiger partial charge in [-0.15, -0.1) is 0 Å². The molecule has 3 fully saturated rings. The molecule has 2 saturated carbocycles. The molecule has 154 valence electrons. The van der Waals surface area contributed by atoms with Crippen LogP contribution in [0.15, 0.2) is 48.8 Å². The van der Waals surface area contributed by atoms with Crippen molar-refractivity contribution in [3.05, 3.63) is 59.9 Å². The Kier molecular flexibility index (Phi) is 3.42. The van der Waals surface area contributed by atoms with Gasteiger partial charge >= 0.3 is 6.18 Å². The number of rotatable bonds is 3. The van der Waals surface area contributed by atoms with Gasteiger partial charge in [0.1, 0.15) is 5.82 Å². The number of anilines is 1. The molecule has 3 aromatic rings. The number of hydrogen-bond acceptors (Lipinski definition) is 3. The average molecular weight is 412 g/mol. The number of benzene rings is 1. The summed E-state index contributed by atoms with van der Waals surface area (Å²) in [6.45, 7) is 0.735. The number of fused-ring (bicyclic) bond motifs is 1. The molecule has 5 nitrogen and oxygen atoms in total. The zero-order chi connectivity index (χ0) is 20.7. The van der Waals surface area contributed by atoms with Crippen LogP contribution >= 0.6 is 0 Å². The molecule has 1 saturated heterocycles. The highest BCUT2D eigenvalue weighted by atomic mass is 19.4. The fraction of sp³-hybridized carbons (Fsp3) is 0.364. The molecular formula is C22H19F3N4O. The van der Waals surface area contributed by atoms with Crippen LogP contribution in [0.25, 0.3) is 10.9 Å². The Hall–Kier alpha value is -3.03. The van der Waals surface area contributed by atoms with Crippen LogP contribution in [0.4, 0.5) is 19.0 Å². The van der Waals surface area contributed by atoms with Gasteiger partial charge in [-0.3, -0.25) is 4.79 Å². The molecule has 1 aromatic carbocycles. The number of carbonyl (C=O) groups is 1. The Balaban J connectivity index is 1.25. The Labute approximate surface area is 170 Å². The summed E-state index contributed by atoms with van der Waals surface area (Å²) in [5, 5.41) is 4.27. The van der Waals surface area contributed by atoms with Gasteiger partial charge in [-0.1, -0.05) is 12.1 Å². The van der Waals surface area contributed by atoms with Crippen molar-refractivity contribution in [2.24, 2.45) is 11.3 Å². The largest absolute Gasteiger partial charge is 0.417 e. The van der Waals surface area contributed by atoms with E-state index in [-0.39, 0.29) is 23.4 Å². The van der Waals surface area contributed by atoms with Gasteiger partial charge in [-0.05, 0) is 48.4 Å². The summed E-state index contributed by atoms with van der Waals surface area (Å²) in [7, 11) is 0. The number of nitrogens with zero attached hydrogens (tertiary/aromatic N) is 2. The van der Waals surface area contributed by atoms with Gasteiger partial charge in [-0.2, -0.15) is 13.2 Å². The van der Waals surface area contributed by atoms with Crippen LogP contribution in [0.2, 0.25) is 0 Å². The van der Waals surface area contributed by atoms with Gasteiger partial charge in [0.2, 0.25) is 0 Å². The van der Waals surface area contributed by atoms with Gasteiger partial charge in [0.15, 0.2) is 0 Å². The number of likely N-dealkylation sites (tertiary alicyclic amines) is 1. The highest BCUT2D eigenvalue weighted by Crippen LogP contribution is 2.71. The lowest BCUT2D eigenvalue weighted by Crippen LogP contribution is -2.60. The summed E-state index contributed by atoms with van der Waals surface area (Å²) in [4.78, 5) is 22.5. The number of aromatic nitrogens is 2. The standard InChI is InChI=1S/C22H19F3N4O/c23-22(24,25)13-4-5-17(27-10-13)28-16-9-21-8-14(21)11-29(19(16)21)20(30)15-3-1-2-12-6-7-26-18(12)15/h1-7,10,14,16,19,26H,8-9,11H2,(H,27,28). The molecule has 8 heteroatoms. The van der Waals surface area contributed by atoms with Crippen LogP contribution in [-0.2, 0) is 6.18 Å². The predicted octanol–water partition coefficient (Wildman–Crippen LogP) is 4.30. The van der Waals surface area contributed by atoms with Crippen LogP contribution in [0.3, 0.4) is 0 Å². The third-order valence-electron chi connectivity index (χ3n) is 7.10.